The Balaban J connectivity index is 2.62. The third-order valence-corrected chi connectivity index (χ3v) is 3.29. The van der Waals surface area contributed by atoms with E-state index in [-0.39, 0.29) is 18.1 Å². The fraction of sp³-hybridized carbons (Fsp3) is 0.583. The number of amides is 2. The number of thiophene rings is 1. The molecular weight excluding hydrogens is 220 g/mol. The van der Waals surface area contributed by atoms with E-state index in [2.05, 4.69) is 30.5 Å². The van der Waals surface area contributed by atoms with E-state index in [1.54, 1.807) is 11.3 Å². The zero-order valence-corrected chi connectivity index (χ0v) is 11.4. The first-order chi connectivity index (χ1) is 7.40. The van der Waals surface area contributed by atoms with Gasteiger partial charge in [0, 0.05) is 15.8 Å². The molecule has 0 saturated heterocycles. The Kier molecular flexibility index (Phi) is 4.35. The molecule has 0 bridgehead atoms. The van der Waals surface area contributed by atoms with E-state index in [9.17, 15) is 4.79 Å². The van der Waals surface area contributed by atoms with Crippen molar-refractivity contribution in [2.45, 2.75) is 46.7 Å². The molecular formula is C12H20N2OS. The highest BCUT2D eigenvalue weighted by Gasteiger charge is 2.13. The summed E-state index contributed by atoms with van der Waals surface area (Å²) in [5.74, 6) is 0. The van der Waals surface area contributed by atoms with E-state index < -0.39 is 0 Å². The Hall–Kier alpha value is -1.03. The van der Waals surface area contributed by atoms with Crippen molar-refractivity contribution in [3.05, 3.63) is 21.4 Å². The quantitative estimate of drug-likeness (QED) is 0.837. The molecule has 0 aliphatic heterocycles. The van der Waals surface area contributed by atoms with Gasteiger partial charge in [-0.25, -0.2) is 4.79 Å². The van der Waals surface area contributed by atoms with Crippen molar-refractivity contribution in [2.24, 2.45) is 0 Å². The Morgan fingerprint density at radius 2 is 1.88 bits per heavy atom. The molecule has 3 nitrogen and oxygen atoms in total. The van der Waals surface area contributed by atoms with Gasteiger partial charge in [0.15, 0.2) is 0 Å². The van der Waals surface area contributed by atoms with Crippen LogP contribution in [0.15, 0.2) is 6.07 Å². The molecule has 1 rings (SSSR count). The van der Waals surface area contributed by atoms with Crippen LogP contribution in [0.25, 0.3) is 0 Å². The van der Waals surface area contributed by atoms with Crippen LogP contribution in [0.3, 0.4) is 0 Å². The molecule has 0 radical (unpaired) electrons. The number of nitrogens with one attached hydrogen (secondary N) is 2. The van der Waals surface area contributed by atoms with Crippen LogP contribution in [0, 0.1) is 13.8 Å². The summed E-state index contributed by atoms with van der Waals surface area (Å²) in [6, 6.07) is 2.26. The number of aryl methyl sites for hydroxylation is 2. The summed E-state index contributed by atoms with van der Waals surface area (Å²) in [6.45, 7) is 10.1. The molecule has 0 fully saturated rings. The minimum atomic E-state index is -0.106. The summed E-state index contributed by atoms with van der Waals surface area (Å²) in [7, 11) is 0. The highest BCUT2D eigenvalue weighted by molar-refractivity contribution is 7.12. The van der Waals surface area contributed by atoms with Crippen LogP contribution in [0.4, 0.5) is 4.79 Å². The molecule has 1 atom stereocenters. The smallest absolute Gasteiger partial charge is 0.315 e. The Morgan fingerprint density at radius 3 is 2.31 bits per heavy atom. The minimum absolute atomic E-state index is 0.0590. The molecule has 1 unspecified atom stereocenters. The summed E-state index contributed by atoms with van der Waals surface area (Å²) >= 11 is 1.77. The lowest BCUT2D eigenvalue weighted by Crippen LogP contribution is -2.40. The van der Waals surface area contributed by atoms with E-state index in [0.717, 1.165) is 0 Å². The molecule has 1 heterocycles. The van der Waals surface area contributed by atoms with E-state index in [0.29, 0.717) is 0 Å². The maximum absolute atomic E-state index is 11.5. The maximum atomic E-state index is 11.5. The summed E-state index contributed by atoms with van der Waals surface area (Å²) < 4.78 is 0. The lowest BCUT2D eigenvalue weighted by Gasteiger charge is -2.16. The van der Waals surface area contributed by atoms with Gasteiger partial charge in [-0.2, -0.15) is 0 Å². The maximum Gasteiger partial charge on any atom is 0.315 e. The van der Waals surface area contributed by atoms with Crippen LogP contribution >= 0.6 is 11.3 Å². The van der Waals surface area contributed by atoms with Crippen LogP contribution in [-0.2, 0) is 0 Å². The van der Waals surface area contributed by atoms with Gasteiger partial charge in [-0.05, 0) is 46.2 Å². The van der Waals surface area contributed by atoms with E-state index >= 15 is 0 Å². The number of urea groups is 1. The van der Waals surface area contributed by atoms with Gasteiger partial charge in [0.25, 0.3) is 0 Å². The molecule has 2 amide bonds. The zero-order valence-electron chi connectivity index (χ0n) is 10.5. The fourth-order valence-electron chi connectivity index (χ4n) is 1.66. The SMILES string of the molecule is Cc1cc(C(C)NC(=O)NC(C)C)c(C)s1. The molecule has 16 heavy (non-hydrogen) atoms. The molecule has 0 saturated carbocycles. The van der Waals surface area contributed by atoms with Crippen LogP contribution in [0.5, 0.6) is 0 Å². The van der Waals surface area contributed by atoms with Crippen LogP contribution in [0.1, 0.15) is 42.1 Å². The van der Waals surface area contributed by atoms with Crippen molar-refractivity contribution >= 4 is 17.4 Å². The number of carbonyl (C=O) groups excluding carboxylic acids is 1. The zero-order chi connectivity index (χ0) is 12.3. The monoisotopic (exact) mass is 240 g/mol. The van der Waals surface area contributed by atoms with Crippen molar-refractivity contribution in [3.63, 3.8) is 0 Å². The van der Waals surface area contributed by atoms with Gasteiger partial charge in [0.2, 0.25) is 0 Å². The van der Waals surface area contributed by atoms with Gasteiger partial charge < -0.3 is 10.6 Å². The van der Waals surface area contributed by atoms with Gasteiger partial charge in [-0.3, -0.25) is 0 Å². The average Bonchev–Trinajstić information content (AvgIpc) is 2.43. The van der Waals surface area contributed by atoms with E-state index in [1.165, 1.54) is 15.3 Å². The topological polar surface area (TPSA) is 41.1 Å². The van der Waals surface area contributed by atoms with Crippen molar-refractivity contribution in [2.75, 3.05) is 0 Å². The lowest BCUT2D eigenvalue weighted by atomic mass is 10.1. The number of hydrogen-bond acceptors (Lipinski definition) is 2. The van der Waals surface area contributed by atoms with Gasteiger partial charge >= 0.3 is 6.03 Å². The first-order valence-corrected chi connectivity index (χ1v) is 6.35. The second-order valence-corrected chi connectivity index (χ2v) is 5.82. The van der Waals surface area contributed by atoms with Crippen LogP contribution in [0.2, 0.25) is 0 Å². The Bertz CT molecular complexity index is 371. The molecule has 0 aromatic carbocycles. The molecule has 90 valence electrons. The molecule has 1 aromatic heterocycles. The first-order valence-electron chi connectivity index (χ1n) is 5.54. The van der Waals surface area contributed by atoms with Gasteiger partial charge in [0.1, 0.15) is 0 Å². The van der Waals surface area contributed by atoms with E-state index in [1.807, 2.05) is 20.8 Å². The molecule has 4 heteroatoms. The Labute approximate surface area is 101 Å². The summed E-state index contributed by atoms with van der Waals surface area (Å²) in [6.07, 6.45) is 0. The third kappa shape index (κ3) is 3.52. The van der Waals surface area contributed by atoms with Gasteiger partial charge in [-0.1, -0.05) is 0 Å². The fourth-order valence-corrected chi connectivity index (χ4v) is 2.68. The standard InChI is InChI=1S/C12H20N2OS/c1-7(2)13-12(15)14-9(4)11-6-8(3)16-10(11)5/h6-7,9H,1-5H3,(H2,13,14,15). The molecule has 0 aliphatic rings. The normalized spacial score (nSPS) is 12.6. The van der Waals surface area contributed by atoms with Crippen LogP contribution < -0.4 is 10.6 Å². The molecule has 1 aromatic rings. The van der Waals surface area contributed by atoms with Gasteiger partial charge in [0.05, 0.1) is 6.04 Å². The lowest BCUT2D eigenvalue weighted by molar-refractivity contribution is 0.235. The third-order valence-electron chi connectivity index (χ3n) is 2.31. The van der Waals surface area contributed by atoms with E-state index in [4.69, 9.17) is 0 Å². The number of carbonyl (C=O) groups is 1. The van der Waals surface area contributed by atoms with Gasteiger partial charge in [-0.15, -0.1) is 11.3 Å². The average molecular weight is 240 g/mol. The predicted molar refractivity (Wildman–Crippen MR) is 69.0 cm³/mol. The first kappa shape index (κ1) is 13.0. The number of rotatable bonds is 3. The summed E-state index contributed by atoms with van der Waals surface area (Å²) in [4.78, 5) is 14.1. The summed E-state index contributed by atoms with van der Waals surface area (Å²) in [5, 5.41) is 5.76. The molecule has 2 N–H and O–H groups in total. The molecule has 0 aliphatic carbocycles. The van der Waals surface area contributed by atoms with Crippen molar-refractivity contribution < 1.29 is 4.79 Å². The number of hydrogen-bond donors (Lipinski definition) is 2. The van der Waals surface area contributed by atoms with Crippen LogP contribution in [-0.4, -0.2) is 12.1 Å². The van der Waals surface area contributed by atoms with Crippen molar-refractivity contribution in [1.29, 1.82) is 0 Å². The Morgan fingerprint density at radius 1 is 1.25 bits per heavy atom. The highest BCUT2D eigenvalue weighted by atomic mass is 32.1. The molecule has 0 spiro atoms. The highest BCUT2D eigenvalue weighted by Crippen LogP contribution is 2.25. The van der Waals surface area contributed by atoms with Crippen molar-refractivity contribution in [3.8, 4) is 0 Å². The second kappa shape index (κ2) is 5.34. The summed E-state index contributed by atoms with van der Waals surface area (Å²) in [5.41, 5.74) is 1.21. The van der Waals surface area contributed by atoms with Crippen molar-refractivity contribution in [1.82, 2.24) is 10.6 Å². The largest absolute Gasteiger partial charge is 0.336 e. The predicted octanol–water partition coefficient (Wildman–Crippen LogP) is 3.13. The second-order valence-electron chi connectivity index (χ2n) is 4.36. The minimum Gasteiger partial charge on any atom is -0.336 e.